The molecule has 3 amide bonds. The van der Waals surface area contributed by atoms with Gasteiger partial charge in [0.05, 0.1) is 13.7 Å². The molecule has 0 atom stereocenters. The summed E-state index contributed by atoms with van der Waals surface area (Å²) in [6, 6.07) is 15.3. The van der Waals surface area contributed by atoms with E-state index in [0.29, 0.717) is 38.6 Å². The van der Waals surface area contributed by atoms with Crippen molar-refractivity contribution in [1.29, 1.82) is 0 Å². The van der Waals surface area contributed by atoms with Gasteiger partial charge in [0.1, 0.15) is 12.3 Å². The van der Waals surface area contributed by atoms with Gasteiger partial charge in [0, 0.05) is 26.2 Å². The molecule has 1 heterocycles. The number of nitrogens with one attached hydrogen (secondary N) is 1. The summed E-state index contributed by atoms with van der Waals surface area (Å²) in [5, 5.41) is 4.26. The highest BCUT2D eigenvalue weighted by Gasteiger charge is 2.33. The van der Waals surface area contributed by atoms with Gasteiger partial charge < -0.3 is 14.8 Å². The molecule has 1 fully saturated rings. The molecule has 0 aromatic heterocycles. The van der Waals surface area contributed by atoms with Crippen molar-refractivity contribution in [2.45, 2.75) is 19.6 Å². The van der Waals surface area contributed by atoms with E-state index in [9.17, 15) is 9.59 Å². The number of imide groups is 1. The van der Waals surface area contributed by atoms with E-state index >= 15 is 0 Å². The van der Waals surface area contributed by atoms with Gasteiger partial charge in [0.25, 0.3) is 5.91 Å². The maximum atomic E-state index is 13.0. The quantitative estimate of drug-likeness (QED) is 0.174. The average molecular weight is 558 g/mol. The zero-order valence-corrected chi connectivity index (χ0v) is 22.2. The van der Waals surface area contributed by atoms with Crippen LogP contribution < -0.4 is 14.8 Å². The highest BCUT2D eigenvalue weighted by molar-refractivity contribution is 6.35. The normalized spacial score (nSPS) is 14.2. The van der Waals surface area contributed by atoms with Gasteiger partial charge in [-0.05, 0) is 60.0 Å². The lowest BCUT2D eigenvalue weighted by Gasteiger charge is -2.16. The number of nitrogens with zero attached hydrogens (tertiary/aromatic N) is 1. The Balaban J connectivity index is 1.59. The Kier molecular flexibility index (Phi) is 8.44. The number of allylic oxidation sites excluding steroid dienone is 1. The van der Waals surface area contributed by atoms with Crippen LogP contribution in [-0.2, 0) is 24.4 Å². The second-order valence-corrected chi connectivity index (χ2v) is 9.51. The van der Waals surface area contributed by atoms with Crippen LogP contribution in [0.5, 0.6) is 11.5 Å². The van der Waals surface area contributed by atoms with Gasteiger partial charge in [0.2, 0.25) is 0 Å². The molecule has 9 heteroatoms. The Hall–Kier alpha value is -3.45. The van der Waals surface area contributed by atoms with E-state index in [1.54, 1.807) is 60.7 Å². The number of carbonyl (C=O) groups excluding carboxylic acids is 2. The molecule has 1 saturated heterocycles. The molecule has 3 aromatic carbocycles. The highest BCUT2D eigenvalue weighted by atomic mass is 35.5. The van der Waals surface area contributed by atoms with E-state index < -0.39 is 11.9 Å². The Bertz CT molecular complexity index is 1390. The number of hydrogen-bond donors (Lipinski definition) is 1. The predicted octanol–water partition coefficient (Wildman–Crippen LogP) is 7.06. The van der Waals surface area contributed by atoms with Crippen LogP contribution in [-0.4, -0.2) is 23.9 Å². The maximum absolute atomic E-state index is 13.0. The number of halogens is 3. The summed E-state index contributed by atoms with van der Waals surface area (Å²) in [7, 11) is 1.53. The van der Waals surface area contributed by atoms with Crippen molar-refractivity contribution < 1.29 is 19.1 Å². The number of rotatable bonds is 9. The molecule has 6 nitrogen and oxygen atoms in total. The van der Waals surface area contributed by atoms with Crippen LogP contribution in [0.3, 0.4) is 0 Å². The topological polar surface area (TPSA) is 67.9 Å². The van der Waals surface area contributed by atoms with E-state index in [1.165, 1.54) is 7.11 Å². The van der Waals surface area contributed by atoms with Gasteiger partial charge >= 0.3 is 6.03 Å². The van der Waals surface area contributed by atoms with Gasteiger partial charge in [-0.25, -0.2) is 4.79 Å². The van der Waals surface area contributed by atoms with Crippen LogP contribution in [0.1, 0.15) is 22.3 Å². The SMILES string of the molecule is C=CCc1cc(/C=C2\NC(=O)N(Cc3ccc(Cl)cc3)C2=O)cc(OC)c1OCc1ccc(Cl)cc1Cl. The van der Waals surface area contributed by atoms with Gasteiger partial charge in [-0.2, -0.15) is 0 Å². The van der Waals surface area contributed by atoms with Gasteiger partial charge in [0.15, 0.2) is 11.5 Å². The minimum Gasteiger partial charge on any atom is -0.493 e. The Labute approximate surface area is 230 Å². The summed E-state index contributed by atoms with van der Waals surface area (Å²) < 4.78 is 11.7. The molecule has 0 radical (unpaired) electrons. The lowest BCUT2D eigenvalue weighted by atomic mass is 10.0. The number of benzene rings is 3. The van der Waals surface area contributed by atoms with Crippen LogP contribution in [0.25, 0.3) is 6.08 Å². The predicted molar refractivity (Wildman–Crippen MR) is 146 cm³/mol. The van der Waals surface area contributed by atoms with Crippen molar-refractivity contribution in [3.05, 3.63) is 110 Å². The first kappa shape index (κ1) is 26.6. The van der Waals surface area contributed by atoms with Crippen LogP contribution in [0.2, 0.25) is 15.1 Å². The van der Waals surface area contributed by atoms with E-state index in [-0.39, 0.29) is 18.8 Å². The third-order valence-corrected chi connectivity index (χ3v) is 6.49. The van der Waals surface area contributed by atoms with Crippen LogP contribution in [0.15, 0.2) is 72.9 Å². The molecule has 37 heavy (non-hydrogen) atoms. The summed E-state index contributed by atoms with van der Waals surface area (Å²) in [6.45, 7) is 4.16. The van der Waals surface area contributed by atoms with Gasteiger partial charge in [-0.1, -0.05) is 59.1 Å². The zero-order valence-electron chi connectivity index (χ0n) is 19.9. The summed E-state index contributed by atoms with van der Waals surface area (Å²) in [6.07, 6.45) is 3.83. The first-order valence-corrected chi connectivity index (χ1v) is 12.4. The number of urea groups is 1. The molecular formula is C28H23Cl3N2O4. The third kappa shape index (κ3) is 6.28. The maximum Gasteiger partial charge on any atom is 0.329 e. The van der Waals surface area contributed by atoms with Crippen molar-refractivity contribution in [3.8, 4) is 11.5 Å². The minimum atomic E-state index is -0.496. The molecule has 0 saturated carbocycles. The molecule has 3 aromatic rings. The third-order valence-electron chi connectivity index (χ3n) is 5.65. The molecule has 0 aliphatic carbocycles. The Morgan fingerprint density at radius 2 is 1.70 bits per heavy atom. The molecule has 0 unspecified atom stereocenters. The molecule has 1 aliphatic rings. The number of carbonyl (C=O) groups is 2. The molecular weight excluding hydrogens is 535 g/mol. The van der Waals surface area contributed by atoms with E-state index in [2.05, 4.69) is 11.9 Å². The van der Waals surface area contributed by atoms with Crippen molar-refractivity contribution >= 4 is 52.8 Å². The standard InChI is InChI=1S/C28H23Cl3N2O4/c1-3-4-19-11-18(13-25(36-2)26(19)37-16-20-7-10-22(30)14-23(20)31)12-24-27(34)33(28(35)32-24)15-17-5-8-21(29)9-6-17/h3,5-14H,1,4,15-16H2,2H3,(H,32,35)/b24-12-. The van der Waals surface area contributed by atoms with Crippen LogP contribution >= 0.6 is 34.8 Å². The van der Waals surface area contributed by atoms with Gasteiger partial charge in [-0.15, -0.1) is 6.58 Å². The number of ether oxygens (including phenoxy) is 2. The molecule has 1 aliphatic heterocycles. The fraction of sp³-hybridized carbons (Fsp3) is 0.143. The molecule has 0 spiro atoms. The summed E-state index contributed by atoms with van der Waals surface area (Å²) >= 11 is 18.2. The van der Waals surface area contributed by atoms with Crippen LogP contribution in [0, 0.1) is 0 Å². The smallest absolute Gasteiger partial charge is 0.329 e. The number of amides is 3. The number of hydrogen-bond acceptors (Lipinski definition) is 4. The molecule has 4 rings (SSSR count). The van der Waals surface area contributed by atoms with Gasteiger partial charge in [-0.3, -0.25) is 9.69 Å². The largest absolute Gasteiger partial charge is 0.493 e. The molecule has 1 N–H and O–H groups in total. The molecule has 0 bridgehead atoms. The summed E-state index contributed by atoms with van der Waals surface area (Å²) in [4.78, 5) is 26.7. The lowest BCUT2D eigenvalue weighted by Crippen LogP contribution is -2.30. The Morgan fingerprint density at radius 3 is 2.38 bits per heavy atom. The zero-order chi connectivity index (χ0) is 26.5. The van der Waals surface area contributed by atoms with E-state index in [4.69, 9.17) is 44.3 Å². The number of methoxy groups -OCH3 is 1. The minimum absolute atomic E-state index is 0.129. The fourth-order valence-corrected chi connectivity index (χ4v) is 4.42. The average Bonchev–Trinajstić information content (AvgIpc) is 3.12. The highest BCUT2D eigenvalue weighted by Crippen LogP contribution is 2.36. The summed E-state index contributed by atoms with van der Waals surface area (Å²) in [5.74, 6) is 0.565. The first-order chi connectivity index (χ1) is 17.8. The molecule has 190 valence electrons. The van der Waals surface area contributed by atoms with Crippen molar-refractivity contribution in [1.82, 2.24) is 10.2 Å². The lowest BCUT2D eigenvalue weighted by molar-refractivity contribution is -0.123. The van der Waals surface area contributed by atoms with E-state index in [0.717, 1.165) is 21.6 Å². The van der Waals surface area contributed by atoms with Crippen molar-refractivity contribution in [2.24, 2.45) is 0 Å². The van der Waals surface area contributed by atoms with Crippen LogP contribution in [0.4, 0.5) is 4.79 Å². The fourth-order valence-electron chi connectivity index (χ4n) is 3.83. The second kappa shape index (κ2) is 11.7. The van der Waals surface area contributed by atoms with Crippen molar-refractivity contribution in [3.63, 3.8) is 0 Å². The van der Waals surface area contributed by atoms with E-state index in [1.807, 2.05) is 6.07 Å². The second-order valence-electron chi connectivity index (χ2n) is 8.23. The first-order valence-electron chi connectivity index (χ1n) is 11.3. The summed E-state index contributed by atoms with van der Waals surface area (Å²) in [5.41, 5.74) is 3.16. The monoisotopic (exact) mass is 556 g/mol. The van der Waals surface area contributed by atoms with Crippen molar-refractivity contribution in [2.75, 3.05) is 7.11 Å². The Morgan fingerprint density at radius 1 is 0.973 bits per heavy atom.